The molecular weight excluding hydrogens is 385 g/mol. The molecule has 1 aliphatic rings. The predicted octanol–water partition coefficient (Wildman–Crippen LogP) is 1.63. The van der Waals surface area contributed by atoms with Gasteiger partial charge in [0.1, 0.15) is 0 Å². The fraction of sp³-hybridized carbons (Fsp3) is 0.600. The van der Waals surface area contributed by atoms with Crippen LogP contribution in [0.2, 0.25) is 0 Å². The summed E-state index contributed by atoms with van der Waals surface area (Å²) >= 11 is 0. The average molecular weight is 415 g/mol. The normalized spacial score (nSPS) is 15.3. The topological polar surface area (TPSA) is 57.1 Å². The molecule has 1 saturated heterocycles. The quantitative estimate of drug-likeness (QED) is 0.679. The van der Waals surface area contributed by atoms with Crippen molar-refractivity contribution in [2.75, 3.05) is 56.5 Å². The highest BCUT2D eigenvalue weighted by Gasteiger charge is 2.32. The molecule has 0 aliphatic carbocycles. The van der Waals surface area contributed by atoms with Gasteiger partial charge in [-0.1, -0.05) is 0 Å². The Morgan fingerprint density at radius 3 is 2.31 bits per heavy atom. The van der Waals surface area contributed by atoms with Crippen molar-refractivity contribution in [3.05, 3.63) is 23.8 Å². The summed E-state index contributed by atoms with van der Waals surface area (Å²) in [7, 11) is 1.72. The molecule has 6 nitrogen and oxygen atoms in total. The molecule has 1 aromatic carbocycles. The van der Waals surface area contributed by atoms with Crippen LogP contribution in [0.4, 0.5) is 24.5 Å². The van der Waals surface area contributed by atoms with E-state index in [-0.39, 0.29) is 24.7 Å². The van der Waals surface area contributed by atoms with Gasteiger partial charge >= 0.3 is 6.18 Å². The van der Waals surface area contributed by atoms with E-state index in [0.29, 0.717) is 23.7 Å². The first-order valence-corrected chi connectivity index (χ1v) is 10.0. The number of nitrogens with zero attached hydrogens (tertiary/aromatic N) is 2. The molecular formula is C20H30F3N4O2+. The van der Waals surface area contributed by atoms with Crippen LogP contribution in [0.3, 0.4) is 0 Å². The Kier molecular flexibility index (Phi) is 7.89. The molecule has 2 amide bonds. The Bertz CT molecular complexity index is 714. The number of likely N-dealkylation sites (N-methyl/N-ethyl adjacent to an activating group) is 2. The predicted molar refractivity (Wildman–Crippen MR) is 106 cm³/mol. The summed E-state index contributed by atoms with van der Waals surface area (Å²) < 4.78 is 39.4. The number of carbonyl (C=O) groups excluding carboxylic acids is 2. The molecule has 162 valence electrons. The van der Waals surface area contributed by atoms with Crippen LogP contribution in [0, 0.1) is 0 Å². The van der Waals surface area contributed by atoms with Gasteiger partial charge in [0.05, 0.1) is 24.0 Å². The number of halogens is 3. The van der Waals surface area contributed by atoms with Gasteiger partial charge in [-0.3, -0.25) is 9.59 Å². The monoisotopic (exact) mass is 415 g/mol. The van der Waals surface area contributed by atoms with Gasteiger partial charge in [0.25, 0.3) is 11.8 Å². The number of nitrogens with one attached hydrogen (secondary N) is 2. The zero-order chi connectivity index (χ0) is 21.6. The Balaban J connectivity index is 2.10. The summed E-state index contributed by atoms with van der Waals surface area (Å²) in [5.74, 6) is -0.480. The van der Waals surface area contributed by atoms with E-state index in [0.717, 1.165) is 38.1 Å². The molecule has 0 aromatic heterocycles. The van der Waals surface area contributed by atoms with E-state index in [1.165, 1.54) is 6.07 Å². The van der Waals surface area contributed by atoms with Crippen LogP contribution in [-0.4, -0.2) is 63.0 Å². The van der Waals surface area contributed by atoms with Crippen LogP contribution in [0.1, 0.15) is 32.3 Å². The van der Waals surface area contributed by atoms with Crippen molar-refractivity contribution in [2.24, 2.45) is 0 Å². The second kappa shape index (κ2) is 9.96. The molecule has 0 radical (unpaired) electrons. The molecule has 1 fully saturated rings. The number of alkyl halides is 3. The maximum Gasteiger partial charge on any atom is 0.416 e. The van der Waals surface area contributed by atoms with Crippen LogP contribution < -0.4 is 15.1 Å². The molecule has 9 heteroatoms. The van der Waals surface area contributed by atoms with Crippen LogP contribution in [-0.2, 0) is 15.8 Å². The maximum atomic E-state index is 13.1. The Hall–Kier alpha value is -2.29. The number of rotatable bonds is 8. The number of amides is 2. The zero-order valence-corrected chi connectivity index (χ0v) is 17.2. The molecule has 2 rings (SSSR count). The summed E-state index contributed by atoms with van der Waals surface area (Å²) in [6.45, 7) is 6.60. The Labute approximate surface area is 169 Å². The lowest BCUT2D eigenvalue weighted by atomic mass is 10.1. The van der Waals surface area contributed by atoms with Crippen molar-refractivity contribution in [1.29, 1.82) is 0 Å². The molecule has 0 spiro atoms. The molecule has 1 aromatic rings. The summed E-state index contributed by atoms with van der Waals surface area (Å²) in [4.78, 5) is 29.0. The minimum absolute atomic E-state index is 0.0112. The lowest BCUT2D eigenvalue weighted by Crippen LogP contribution is -3.11. The van der Waals surface area contributed by atoms with E-state index in [1.807, 2.05) is 18.7 Å². The van der Waals surface area contributed by atoms with Crippen molar-refractivity contribution in [1.82, 2.24) is 4.90 Å². The molecule has 1 heterocycles. The van der Waals surface area contributed by atoms with E-state index >= 15 is 0 Å². The lowest BCUT2D eigenvalue weighted by Gasteiger charge is -2.24. The summed E-state index contributed by atoms with van der Waals surface area (Å²) in [5.41, 5.74) is -0.0384. The second-order valence-corrected chi connectivity index (χ2v) is 7.35. The van der Waals surface area contributed by atoms with E-state index in [1.54, 1.807) is 11.9 Å². The molecule has 1 unspecified atom stereocenters. The third-order valence-corrected chi connectivity index (χ3v) is 5.08. The number of hydrogen-bond donors (Lipinski definition) is 2. The van der Waals surface area contributed by atoms with E-state index < -0.39 is 17.6 Å². The maximum absolute atomic E-state index is 13.1. The molecule has 29 heavy (non-hydrogen) atoms. The third-order valence-electron chi connectivity index (χ3n) is 5.08. The summed E-state index contributed by atoms with van der Waals surface area (Å²) in [6.07, 6.45) is -2.55. The molecule has 2 N–H and O–H groups in total. The third kappa shape index (κ3) is 6.35. The van der Waals surface area contributed by atoms with Gasteiger partial charge in [0.2, 0.25) is 0 Å². The molecule has 1 atom stereocenters. The lowest BCUT2D eigenvalue weighted by molar-refractivity contribution is -0.862. The zero-order valence-electron chi connectivity index (χ0n) is 17.2. The smallest absolute Gasteiger partial charge is 0.370 e. The SMILES string of the molecule is CCN(CC)C(=O)C[NH+](C)CC(=O)Nc1cc(C(F)(F)F)ccc1N1CCCC1. The van der Waals surface area contributed by atoms with Crippen LogP contribution >= 0.6 is 0 Å². The summed E-state index contributed by atoms with van der Waals surface area (Å²) in [5, 5.41) is 2.63. The number of hydrogen-bond acceptors (Lipinski definition) is 3. The van der Waals surface area contributed by atoms with Crippen LogP contribution in [0.25, 0.3) is 0 Å². The van der Waals surface area contributed by atoms with Gasteiger partial charge in [-0.15, -0.1) is 0 Å². The largest absolute Gasteiger partial charge is 0.416 e. The first kappa shape index (κ1) is 23.0. The van der Waals surface area contributed by atoms with Gasteiger partial charge < -0.3 is 20.0 Å². The highest BCUT2D eigenvalue weighted by atomic mass is 19.4. The number of quaternary nitrogens is 1. The highest BCUT2D eigenvalue weighted by molar-refractivity contribution is 5.95. The van der Waals surface area contributed by atoms with Crippen molar-refractivity contribution < 1.29 is 27.7 Å². The average Bonchev–Trinajstić information content (AvgIpc) is 3.16. The van der Waals surface area contributed by atoms with Crippen LogP contribution in [0.15, 0.2) is 18.2 Å². The summed E-state index contributed by atoms with van der Waals surface area (Å²) in [6, 6.07) is 3.45. The van der Waals surface area contributed by atoms with E-state index in [4.69, 9.17) is 0 Å². The first-order chi connectivity index (χ1) is 13.7. The molecule has 0 saturated carbocycles. The Morgan fingerprint density at radius 1 is 1.14 bits per heavy atom. The highest BCUT2D eigenvalue weighted by Crippen LogP contribution is 2.36. The van der Waals surface area contributed by atoms with Crippen molar-refractivity contribution in [3.8, 4) is 0 Å². The molecule has 0 bridgehead atoms. The first-order valence-electron chi connectivity index (χ1n) is 10.0. The number of carbonyl (C=O) groups is 2. The van der Waals surface area contributed by atoms with Gasteiger partial charge in [0, 0.05) is 26.2 Å². The van der Waals surface area contributed by atoms with Gasteiger partial charge in [-0.05, 0) is 44.9 Å². The van der Waals surface area contributed by atoms with Gasteiger partial charge in [-0.25, -0.2) is 0 Å². The van der Waals surface area contributed by atoms with Crippen molar-refractivity contribution >= 4 is 23.2 Å². The van der Waals surface area contributed by atoms with Crippen LogP contribution in [0.5, 0.6) is 0 Å². The fourth-order valence-electron chi connectivity index (χ4n) is 3.52. The minimum Gasteiger partial charge on any atom is -0.370 e. The van der Waals surface area contributed by atoms with Crippen molar-refractivity contribution in [3.63, 3.8) is 0 Å². The van der Waals surface area contributed by atoms with Gasteiger partial charge in [-0.2, -0.15) is 13.2 Å². The van der Waals surface area contributed by atoms with E-state index in [9.17, 15) is 22.8 Å². The van der Waals surface area contributed by atoms with Crippen molar-refractivity contribution in [2.45, 2.75) is 32.9 Å². The van der Waals surface area contributed by atoms with E-state index in [2.05, 4.69) is 5.32 Å². The van der Waals surface area contributed by atoms with Gasteiger partial charge in [0.15, 0.2) is 13.1 Å². The Morgan fingerprint density at radius 2 is 1.76 bits per heavy atom. The number of benzene rings is 1. The second-order valence-electron chi connectivity index (χ2n) is 7.35. The standard InChI is InChI=1S/C20H29F3N4O2/c1-4-26(5-2)19(29)14-25(3)13-18(28)24-16-12-15(20(21,22)23)8-9-17(16)27-10-6-7-11-27/h8-9,12H,4-7,10-11,13-14H2,1-3H3,(H,24,28)/p+1. The number of anilines is 2. The molecule has 1 aliphatic heterocycles. The fourth-order valence-corrected chi connectivity index (χ4v) is 3.52. The minimum atomic E-state index is -4.48.